The molecule has 1 fully saturated rings. The molecule has 0 saturated heterocycles. The first-order valence-corrected chi connectivity index (χ1v) is 8.27. The maximum absolute atomic E-state index is 12.8. The van der Waals surface area contributed by atoms with Crippen LogP contribution in [0, 0.1) is 5.41 Å². The van der Waals surface area contributed by atoms with Gasteiger partial charge in [-0.05, 0) is 36.6 Å². The average molecular weight is 343 g/mol. The standard InChI is InChI=1S/C19H19ClN2O2/c1-22(15-8-3-2-4-9-15)18(24)19(11-12-19)17(23)21-13-14-7-5-6-10-16(14)20/h2-10H,11-13H2,1H3,(H,21,23). The molecule has 1 aliphatic carbocycles. The van der Waals surface area contributed by atoms with Gasteiger partial charge < -0.3 is 10.2 Å². The Morgan fingerprint density at radius 1 is 1.08 bits per heavy atom. The van der Waals surface area contributed by atoms with E-state index in [2.05, 4.69) is 5.32 Å². The quantitative estimate of drug-likeness (QED) is 0.847. The van der Waals surface area contributed by atoms with E-state index in [9.17, 15) is 9.59 Å². The predicted octanol–water partition coefficient (Wildman–Crippen LogP) is 3.40. The molecule has 0 aromatic heterocycles. The van der Waals surface area contributed by atoms with Crippen molar-refractivity contribution in [3.63, 3.8) is 0 Å². The Bertz CT molecular complexity index is 757. The molecule has 4 nitrogen and oxygen atoms in total. The number of hydrogen-bond donors (Lipinski definition) is 1. The Kier molecular flexibility index (Phi) is 4.58. The molecule has 1 N–H and O–H groups in total. The molecule has 124 valence electrons. The number of rotatable bonds is 5. The number of amides is 2. The van der Waals surface area contributed by atoms with Crippen LogP contribution in [0.4, 0.5) is 5.69 Å². The van der Waals surface area contributed by atoms with Gasteiger partial charge in [-0.3, -0.25) is 9.59 Å². The number of benzene rings is 2. The summed E-state index contributed by atoms with van der Waals surface area (Å²) in [5.41, 5.74) is 0.686. The number of carbonyl (C=O) groups excluding carboxylic acids is 2. The minimum atomic E-state index is -0.939. The number of anilines is 1. The van der Waals surface area contributed by atoms with E-state index >= 15 is 0 Å². The highest BCUT2D eigenvalue weighted by Crippen LogP contribution is 2.48. The van der Waals surface area contributed by atoms with Gasteiger partial charge in [0.15, 0.2) is 0 Å². The molecule has 2 aromatic rings. The Labute approximate surface area is 146 Å². The second kappa shape index (κ2) is 6.65. The van der Waals surface area contributed by atoms with Crippen LogP contribution in [0.15, 0.2) is 54.6 Å². The van der Waals surface area contributed by atoms with Gasteiger partial charge in [-0.1, -0.05) is 48.0 Å². The first-order chi connectivity index (χ1) is 11.5. The fourth-order valence-electron chi connectivity index (χ4n) is 2.74. The van der Waals surface area contributed by atoms with Crippen molar-refractivity contribution >= 4 is 29.1 Å². The van der Waals surface area contributed by atoms with Crippen molar-refractivity contribution in [2.45, 2.75) is 19.4 Å². The van der Waals surface area contributed by atoms with E-state index < -0.39 is 5.41 Å². The summed E-state index contributed by atoms with van der Waals surface area (Å²) >= 11 is 6.10. The normalized spacial score (nSPS) is 14.8. The molecule has 0 aliphatic heterocycles. The topological polar surface area (TPSA) is 49.4 Å². The van der Waals surface area contributed by atoms with Crippen LogP contribution in [-0.2, 0) is 16.1 Å². The first kappa shape index (κ1) is 16.5. The van der Waals surface area contributed by atoms with E-state index in [1.165, 1.54) is 0 Å². The largest absolute Gasteiger partial charge is 0.351 e. The van der Waals surface area contributed by atoms with Crippen LogP contribution >= 0.6 is 11.6 Å². The first-order valence-electron chi connectivity index (χ1n) is 7.89. The molecule has 2 aromatic carbocycles. The molecule has 0 atom stereocenters. The highest BCUT2D eigenvalue weighted by molar-refractivity contribution is 6.31. The number of hydrogen-bond acceptors (Lipinski definition) is 2. The van der Waals surface area contributed by atoms with Crippen LogP contribution in [0.3, 0.4) is 0 Å². The van der Waals surface area contributed by atoms with Crippen molar-refractivity contribution in [2.24, 2.45) is 5.41 Å². The second-order valence-electron chi connectivity index (χ2n) is 6.06. The van der Waals surface area contributed by atoms with Crippen molar-refractivity contribution < 1.29 is 9.59 Å². The van der Waals surface area contributed by atoms with Crippen LogP contribution in [0.1, 0.15) is 18.4 Å². The third kappa shape index (κ3) is 3.15. The molecule has 0 bridgehead atoms. The smallest absolute Gasteiger partial charge is 0.242 e. The predicted molar refractivity (Wildman–Crippen MR) is 94.8 cm³/mol. The third-order valence-corrected chi connectivity index (χ3v) is 4.81. The van der Waals surface area contributed by atoms with Crippen molar-refractivity contribution in [3.8, 4) is 0 Å². The summed E-state index contributed by atoms with van der Waals surface area (Å²) < 4.78 is 0. The molecule has 1 aliphatic rings. The number of carbonyl (C=O) groups is 2. The van der Waals surface area contributed by atoms with Gasteiger partial charge in [-0.25, -0.2) is 0 Å². The Hall–Kier alpha value is -2.33. The van der Waals surface area contributed by atoms with E-state index in [1.54, 1.807) is 18.0 Å². The number of nitrogens with zero attached hydrogens (tertiary/aromatic N) is 1. The van der Waals surface area contributed by atoms with Crippen molar-refractivity contribution in [2.75, 3.05) is 11.9 Å². The monoisotopic (exact) mass is 342 g/mol. The minimum absolute atomic E-state index is 0.162. The van der Waals surface area contributed by atoms with E-state index in [0.717, 1.165) is 11.3 Å². The molecule has 1 saturated carbocycles. The Morgan fingerprint density at radius 3 is 2.33 bits per heavy atom. The summed E-state index contributed by atoms with van der Waals surface area (Å²) in [5, 5.41) is 3.47. The number of nitrogens with one attached hydrogen (secondary N) is 1. The van der Waals surface area contributed by atoms with E-state index in [0.29, 0.717) is 24.4 Å². The molecule has 5 heteroatoms. The molecular weight excluding hydrogens is 324 g/mol. The molecule has 0 unspecified atom stereocenters. The van der Waals surface area contributed by atoms with Crippen molar-refractivity contribution in [1.29, 1.82) is 0 Å². The maximum Gasteiger partial charge on any atom is 0.242 e. The maximum atomic E-state index is 12.8. The number of para-hydroxylation sites is 1. The fraction of sp³-hybridized carbons (Fsp3) is 0.263. The third-order valence-electron chi connectivity index (χ3n) is 4.44. The summed E-state index contributed by atoms with van der Waals surface area (Å²) in [6.45, 7) is 0.322. The van der Waals surface area contributed by atoms with Gasteiger partial charge in [0.2, 0.25) is 11.8 Å². The van der Waals surface area contributed by atoms with Gasteiger partial charge in [0, 0.05) is 24.3 Å². The highest BCUT2D eigenvalue weighted by atomic mass is 35.5. The zero-order chi connectivity index (χ0) is 17.2. The molecular formula is C19H19ClN2O2. The zero-order valence-corrected chi connectivity index (χ0v) is 14.2. The minimum Gasteiger partial charge on any atom is -0.351 e. The molecule has 0 spiro atoms. The van der Waals surface area contributed by atoms with Gasteiger partial charge >= 0.3 is 0 Å². The van der Waals surface area contributed by atoms with E-state index in [-0.39, 0.29) is 11.8 Å². The lowest BCUT2D eigenvalue weighted by molar-refractivity contribution is -0.135. The molecule has 0 radical (unpaired) electrons. The second-order valence-corrected chi connectivity index (χ2v) is 6.46. The Balaban J connectivity index is 1.68. The highest BCUT2D eigenvalue weighted by Gasteiger charge is 2.57. The van der Waals surface area contributed by atoms with Crippen molar-refractivity contribution in [3.05, 3.63) is 65.2 Å². The lowest BCUT2D eigenvalue weighted by Crippen LogP contribution is -2.43. The Morgan fingerprint density at radius 2 is 1.71 bits per heavy atom. The van der Waals surface area contributed by atoms with E-state index in [1.807, 2.05) is 48.5 Å². The lowest BCUT2D eigenvalue weighted by atomic mass is 10.0. The molecule has 24 heavy (non-hydrogen) atoms. The van der Waals surface area contributed by atoms with Crippen LogP contribution in [0.5, 0.6) is 0 Å². The van der Waals surface area contributed by atoms with Crippen molar-refractivity contribution in [1.82, 2.24) is 5.32 Å². The molecule has 3 rings (SSSR count). The summed E-state index contributed by atoms with van der Waals surface area (Å²) in [6.07, 6.45) is 1.16. The van der Waals surface area contributed by atoms with E-state index in [4.69, 9.17) is 11.6 Å². The van der Waals surface area contributed by atoms with Crippen LogP contribution in [0.2, 0.25) is 5.02 Å². The summed E-state index contributed by atoms with van der Waals surface area (Å²) in [7, 11) is 1.71. The van der Waals surface area contributed by atoms with Crippen LogP contribution < -0.4 is 10.2 Å². The molecule has 2 amide bonds. The van der Waals surface area contributed by atoms with Gasteiger partial charge in [0.25, 0.3) is 0 Å². The van der Waals surface area contributed by atoms with Crippen LogP contribution in [0.25, 0.3) is 0 Å². The SMILES string of the molecule is CN(C(=O)C1(C(=O)NCc2ccccc2Cl)CC1)c1ccccc1. The zero-order valence-electron chi connectivity index (χ0n) is 13.5. The summed E-state index contributed by atoms with van der Waals surface area (Å²) in [6, 6.07) is 16.7. The molecule has 0 heterocycles. The van der Waals surface area contributed by atoms with Crippen LogP contribution in [-0.4, -0.2) is 18.9 Å². The summed E-state index contributed by atoms with van der Waals surface area (Å²) in [4.78, 5) is 26.9. The fourth-order valence-corrected chi connectivity index (χ4v) is 2.94. The summed E-state index contributed by atoms with van der Waals surface area (Å²) in [5.74, 6) is -0.388. The number of halogens is 1. The van der Waals surface area contributed by atoms with Gasteiger partial charge in [-0.15, -0.1) is 0 Å². The lowest BCUT2D eigenvalue weighted by Gasteiger charge is -2.23. The van der Waals surface area contributed by atoms with Gasteiger partial charge in [0.1, 0.15) is 5.41 Å². The van der Waals surface area contributed by atoms with Gasteiger partial charge in [0.05, 0.1) is 0 Å². The average Bonchev–Trinajstić information content (AvgIpc) is 3.42. The van der Waals surface area contributed by atoms with Gasteiger partial charge in [-0.2, -0.15) is 0 Å².